The standard InChI is InChI=1S/C13H11BrFNO3/c1-3-18-13(17)11-7(2)19-16-12(11)9-6-8(14)4-5-10(9)15/h4-6H,3H2,1-2H3. The van der Waals surface area contributed by atoms with E-state index in [-0.39, 0.29) is 23.4 Å². The minimum atomic E-state index is -0.573. The predicted molar refractivity (Wildman–Crippen MR) is 70.3 cm³/mol. The summed E-state index contributed by atoms with van der Waals surface area (Å²) in [6.07, 6.45) is 0. The van der Waals surface area contributed by atoms with Crippen molar-refractivity contribution >= 4 is 21.9 Å². The van der Waals surface area contributed by atoms with Gasteiger partial charge >= 0.3 is 5.97 Å². The van der Waals surface area contributed by atoms with Crippen molar-refractivity contribution in [2.24, 2.45) is 0 Å². The second-order valence-corrected chi connectivity index (χ2v) is 4.72. The highest BCUT2D eigenvalue weighted by Gasteiger charge is 2.24. The van der Waals surface area contributed by atoms with E-state index in [1.807, 2.05) is 0 Å². The van der Waals surface area contributed by atoms with Gasteiger partial charge < -0.3 is 9.26 Å². The van der Waals surface area contributed by atoms with Crippen LogP contribution in [0.15, 0.2) is 27.2 Å². The first-order valence-electron chi connectivity index (χ1n) is 5.63. The molecule has 0 N–H and O–H groups in total. The zero-order chi connectivity index (χ0) is 14.0. The van der Waals surface area contributed by atoms with Crippen LogP contribution in [0.2, 0.25) is 0 Å². The summed E-state index contributed by atoms with van der Waals surface area (Å²) in [5.41, 5.74) is 0.489. The Balaban J connectivity index is 2.57. The molecule has 0 radical (unpaired) electrons. The third kappa shape index (κ3) is 2.68. The molecule has 2 rings (SSSR count). The number of ether oxygens (including phenoxy) is 1. The molecule has 0 unspecified atom stereocenters. The lowest BCUT2D eigenvalue weighted by Crippen LogP contribution is -2.07. The van der Waals surface area contributed by atoms with Crippen LogP contribution in [0.25, 0.3) is 11.3 Å². The van der Waals surface area contributed by atoms with Gasteiger partial charge in [-0.25, -0.2) is 9.18 Å². The summed E-state index contributed by atoms with van der Waals surface area (Å²) in [6.45, 7) is 3.50. The molecule has 0 aliphatic heterocycles. The summed E-state index contributed by atoms with van der Waals surface area (Å²) >= 11 is 3.25. The van der Waals surface area contributed by atoms with E-state index in [0.29, 0.717) is 10.2 Å². The largest absolute Gasteiger partial charge is 0.462 e. The van der Waals surface area contributed by atoms with E-state index in [1.54, 1.807) is 19.9 Å². The number of benzene rings is 1. The summed E-state index contributed by atoms with van der Waals surface area (Å²) in [6, 6.07) is 4.39. The van der Waals surface area contributed by atoms with Crippen LogP contribution >= 0.6 is 15.9 Å². The number of nitrogens with zero attached hydrogens (tertiary/aromatic N) is 1. The number of esters is 1. The Labute approximate surface area is 117 Å². The molecule has 0 saturated heterocycles. The van der Waals surface area contributed by atoms with Gasteiger partial charge in [-0.2, -0.15) is 0 Å². The molecule has 0 aliphatic rings. The molecule has 2 aromatic rings. The summed E-state index contributed by atoms with van der Waals surface area (Å²) in [5, 5.41) is 3.75. The first-order chi connectivity index (χ1) is 9.04. The number of hydrogen-bond donors (Lipinski definition) is 0. The quantitative estimate of drug-likeness (QED) is 0.806. The maximum atomic E-state index is 13.8. The Morgan fingerprint density at radius 1 is 1.53 bits per heavy atom. The fraction of sp³-hybridized carbons (Fsp3) is 0.231. The van der Waals surface area contributed by atoms with Gasteiger partial charge in [-0.1, -0.05) is 21.1 Å². The lowest BCUT2D eigenvalue weighted by molar-refractivity contribution is 0.0525. The van der Waals surface area contributed by atoms with Gasteiger partial charge in [-0.15, -0.1) is 0 Å². The van der Waals surface area contributed by atoms with E-state index in [4.69, 9.17) is 9.26 Å². The number of rotatable bonds is 3. The summed E-state index contributed by atoms with van der Waals surface area (Å²) in [4.78, 5) is 11.9. The monoisotopic (exact) mass is 327 g/mol. The molecular formula is C13H11BrFNO3. The molecule has 19 heavy (non-hydrogen) atoms. The normalized spacial score (nSPS) is 10.5. The van der Waals surface area contributed by atoms with Crippen LogP contribution in [-0.2, 0) is 4.74 Å². The van der Waals surface area contributed by atoms with Crippen molar-refractivity contribution in [1.29, 1.82) is 0 Å². The van der Waals surface area contributed by atoms with Gasteiger partial charge in [0.2, 0.25) is 0 Å². The van der Waals surface area contributed by atoms with Crippen molar-refractivity contribution in [1.82, 2.24) is 5.16 Å². The smallest absolute Gasteiger partial charge is 0.344 e. The number of aryl methyl sites for hydroxylation is 1. The van der Waals surface area contributed by atoms with Crippen molar-refractivity contribution in [3.05, 3.63) is 39.8 Å². The van der Waals surface area contributed by atoms with Crippen LogP contribution in [0.3, 0.4) is 0 Å². The SMILES string of the molecule is CCOC(=O)c1c(-c2cc(Br)ccc2F)noc1C. The molecular weight excluding hydrogens is 317 g/mol. The van der Waals surface area contributed by atoms with Gasteiger partial charge in [-0.05, 0) is 32.0 Å². The van der Waals surface area contributed by atoms with Crippen LogP contribution in [-0.4, -0.2) is 17.7 Å². The van der Waals surface area contributed by atoms with E-state index in [2.05, 4.69) is 21.1 Å². The zero-order valence-corrected chi connectivity index (χ0v) is 12.0. The molecule has 6 heteroatoms. The van der Waals surface area contributed by atoms with Crippen LogP contribution in [0, 0.1) is 12.7 Å². The van der Waals surface area contributed by atoms with Crippen LogP contribution in [0.4, 0.5) is 4.39 Å². The maximum absolute atomic E-state index is 13.8. The van der Waals surface area contributed by atoms with E-state index in [9.17, 15) is 9.18 Å². The molecule has 0 fully saturated rings. The van der Waals surface area contributed by atoms with E-state index in [0.717, 1.165) is 0 Å². The van der Waals surface area contributed by atoms with Gasteiger partial charge in [0.1, 0.15) is 22.8 Å². The Morgan fingerprint density at radius 2 is 2.26 bits per heavy atom. The van der Waals surface area contributed by atoms with Gasteiger partial charge in [0, 0.05) is 10.0 Å². The van der Waals surface area contributed by atoms with Gasteiger partial charge in [-0.3, -0.25) is 0 Å². The average Bonchev–Trinajstić information content (AvgIpc) is 2.74. The van der Waals surface area contributed by atoms with Crippen molar-refractivity contribution in [2.75, 3.05) is 6.61 Å². The molecule has 0 bridgehead atoms. The van der Waals surface area contributed by atoms with Crippen LogP contribution in [0.5, 0.6) is 0 Å². The third-order valence-electron chi connectivity index (χ3n) is 2.53. The molecule has 0 aliphatic carbocycles. The molecule has 1 aromatic heterocycles. The second kappa shape index (κ2) is 5.52. The van der Waals surface area contributed by atoms with Crippen molar-refractivity contribution < 1.29 is 18.4 Å². The molecule has 0 amide bonds. The highest BCUT2D eigenvalue weighted by atomic mass is 79.9. The van der Waals surface area contributed by atoms with Crippen molar-refractivity contribution in [2.45, 2.75) is 13.8 Å². The number of hydrogen-bond acceptors (Lipinski definition) is 4. The molecule has 0 spiro atoms. The maximum Gasteiger partial charge on any atom is 0.344 e. The van der Waals surface area contributed by atoms with Gasteiger partial charge in [0.05, 0.1) is 6.61 Å². The summed E-state index contributed by atoms with van der Waals surface area (Å²) in [7, 11) is 0. The Bertz CT molecular complexity index is 624. The third-order valence-corrected chi connectivity index (χ3v) is 3.02. The molecule has 0 atom stereocenters. The summed E-state index contributed by atoms with van der Waals surface area (Å²) < 4.78 is 24.4. The summed E-state index contributed by atoms with van der Waals surface area (Å²) in [5.74, 6) is -0.759. The number of aromatic nitrogens is 1. The lowest BCUT2D eigenvalue weighted by atomic mass is 10.1. The molecule has 1 heterocycles. The minimum Gasteiger partial charge on any atom is -0.462 e. The van der Waals surface area contributed by atoms with Crippen LogP contribution < -0.4 is 0 Å². The Morgan fingerprint density at radius 3 is 2.95 bits per heavy atom. The Kier molecular flexibility index (Phi) is 3.99. The molecule has 0 saturated carbocycles. The Hall–Kier alpha value is -1.69. The van der Waals surface area contributed by atoms with Crippen molar-refractivity contribution in [3.8, 4) is 11.3 Å². The number of carbonyl (C=O) groups excluding carboxylic acids is 1. The minimum absolute atomic E-state index is 0.148. The fourth-order valence-electron chi connectivity index (χ4n) is 1.68. The predicted octanol–water partition coefficient (Wildman–Crippen LogP) is 3.73. The van der Waals surface area contributed by atoms with E-state index in [1.165, 1.54) is 12.1 Å². The second-order valence-electron chi connectivity index (χ2n) is 3.81. The highest BCUT2D eigenvalue weighted by Crippen LogP contribution is 2.30. The topological polar surface area (TPSA) is 52.3 Å². The van der Waals surface area contributed by atoms with Gasteiger partial charge in [0.25, 0.3) is 0 Å². The lowest BCUT2D eigenvalue weighted by Gasteiger charge is -2.04. The molecule has 1 aromatic carbocycles. The van der Waals surface area contributed by atoms with Crippen LogP contribution in [0.1, 0.15) is 23.0 Å². The first kappa shape index (κ1) is 13.7. The molecule has 4 nitrogen and oxygen atoms in total. The molecule has 100 valence electrons. The van der Waals surface area contributed by atoms with Crippen molar-refractivity contribution in [3.63, 3.8) is 0 Å². The number of halogens is 2. The van der Waals surface area contributed by atoms with E-state index < -0.39 is 11.8 Å². The highest BCUT2D eigenvalue weighted by molar-refractivity contribution is 9.10. The average molecular weight is 328 g/mol. The number of carbonyl (C=O) groups is 1. The zero-order valence-electron chi connectivity index (χ0n) is 10.4. The van der Waals surface area contributed by atoms with Gasteiger partial charge in [0.15, 0.2) is 0 Å². The first-order valence-corrected chi connectivity index (χ1v) is 6.42. The van der Waals surface area contributed by atoms with E-state index >= 15 is 0 Å². The fourth-order valence-corrected chi connectivity index (χ4v) is 2.04.